The van der Waals surface area contributed by atoms with Crippen LogP contribution in [0.5, 0.6) is 0 Å². The van der Waals surface area contributed by atoms with E-state index in [0.717, 1.165) is 25.7 Å². The zero-order chi connectivity index (χ0) is 12.8. The fraction of sp³-hybridized carbons (Fsp3) is 0.750. The van der Waals surface area contributed by atoms with Crippen LogP contribution < -0.4 is 5.32 Å². The minimum atomic E-state index is -0.953. The molecule has 6 nitrogen and oxygen atoms in total. The van der Waals surface area contributed by atoms with Crippen LogP contribution in [0.15, 0.2) is 0 Å². The first-order chi connectivity index (χ1) is 8.65. The summed E-state index contributed by atoms with van der Waals surface area (Å²) in [4.78, 5) is 36.2. The van der Waals surface area contributed by atoms with Crippen LogP contribution in [0, 0.1) is 5.41 Å². The molecule has 1 aliphatic carbocycles. The number of nitrogens with one attached hydrogen (secondary N) is 1. The number of barbiturate groups is 1. The number of carbonyl (C=O) groups is 3. The van der Waals surface area contributed by atoms with Gasteiger partial charge in [0.05, 0.1) is 0 Å². The summed E-state index contributed by atoms with van der Waals surface area (Å²) >= 11 is 0. The van der Waals surface area contributed by atoms with Gasteiger partial charge in [0.2, 0.25) is 5.91 Å². The third-order valence-corrected chi connectivity index (χ3v) is 4.27. The summed E-state index contributed by atoms with van der Waals surface area (Å²) < 4.78 is 0. The van der Waals surface area contributed by atoms with Gasteiger partial charge in [-0.05, 0) is 25.7 Å². The van der Waals surface area contributed by atoms with E-state index < -0.39 is 17.4 Å². The number of hydrogen-bond acceptors (Lipinski definition) is 4. The van der Waals surface area contributed by atoms with Crippen molar-refractivity contribution >= 4 is 17.8 Å². The van der Waals surface area contributed by atoms with Gasteiger partial charge >= 0.3 is 6.03 Å². The Labute approximate surface area is 105 Å². The van der Waals surface area contributed by atoms with Crippen molar-refractivity contribution in [1.29, 1.82) is 0 Å². The smallest absolute Gasteiger partial charge is 0.275 e. The molecule has 3 fully saturated rings. The minimum Gasteiger partial charge on any atom is -0.275 e. The number of nitrogens with zero attached hydrogens (tertiary/aromatic N) is 2. The summed E-state index contributed by atoms with van der Waals surface area (Å²) in [6.07, 6.45) is 5.10. The molecule has 2 saturated heterocycles. The van der Waals surface area contributed by atoms with Gasteiger partial charge < -0.3 is 0 Å². The van der Waals surface area contributed by atoms with Crippen LogP contribution in [-0.4, -0.2) is 41.0 Å². The van der Waals surface area contributed by atoms with E-state index in [-0.39, 0.29) is 5.91 Å². The average Bonchev–Trinajstić information content (AvgIpc) is 2.28. The molecule has 1 spiro atoms. The first-order valence-electron chi connectivity index (χ1n) is 6.60. The van der Waals surface area contributed by atoms with Crippen LogP contribution in [0.2, 0.25) is 0 Å². The fourth-order valence-electron chi connectivity index (χ4n) is 2.97. The fourth-order valence-corrected chi connectivity index (χ4v) is 2.97. The maximum atomic E-state index is 12.5. The van der Waals surface area contributed by atoms with Crippen LogP contribution in [0.4, 0.5) is 4.79 Å². The number of imide groups is 2. The number of hydrazine groups is 1. The van der Waals surface area contributed by atoms with Crippen molar-refractivity contribution in [3.05, 3.63) is 0 Å². The van der Waals surface area contributed by atoms with Crippen LogP contribution in [0.3, 0.4) is 0 Å². The van der Waals surface area contributed by atoms with Gasteiger partial charge in [0.15, 0.2) is 0 Å². The largest absolute Gasteiger partial charge is 0.345 e. The van der Waals surface area contributed by atoms with E-state index in [2.05, 4.69) is 5.32 Å². The highest BCUT2D eigenvalue weighted by Crippen LogP contribution is 2.44. The zero-order valence-corrected chi connectivity index (χ0v) is 10.3. The van der Waals surface area contributed by atoms with E-state index in [0.29, 0.717) is 25.9 Å². The monoisotopic (exact) mass is 251 g/mol. The molecule has 2 aliphatic heterocycles. The molecule has 0 aromatic heterocycles. The van der Waals surface area contributed by atoms with Gasteiger partial charge in [0.1, 0.15) is 5.41 Å². The normalized spacial score (nSPS) is 28.2. The first kappa shape index (κ1) is 11.6. The maximum absolute atomic E-state index is 12.5. The Morgan fingerprint density at radius 2 is 1.61 bits per heavy atom. The Hall–Kier alpha value is -1.43. The van der Waals surface area contributed by atoms with Gasteiger partial charge in [-0.2, -0.15) is 5.01 Å². The molecule has 98 valence electrons. The number of rotatable bonds is 1. The molecule has 3 rings (SSSR count). The predicted octanol–water partition coefficient (Wildman–Crippen LogP) is 0.636. The molecule has 0 atom stereocenters. The zero-order valence-electron chi connectivity index (χ0n) is 10.3. The van der Waals surface area contributed by atoms with Crippen molar-refractivity contribution in [3.8, 4) is 0 Å². The second-order valence-corrected chi connectivity index (χ2v) is 5.33. The third-order valence-electron chi connectivity index (χ3n) is 4.27. The Bertz CT molecular complexity index is 411. The summed E-state index contributed by atoms with van der Waals surface area (Å²) in [6, 6.07) is -0.579. The van der Waals surface area contributed by atoms with E-state index >= 15 is 0 Å². The summed E-state index contributed by atoms with van der Waals surface area (Å²) in [5.74, 6) is -0.721. The van der Waals surface area contributed by atoms with Gasteiger partial charge in [0, 0.05) is 13.1 Å². The Morgan fingerprint density at radius 1 is 0.944 bits per heavy atom. The number of hydrogen-bond donors (Lipinski definition) is 1. The van der Waals surface area contributed by atoms with Crippen molar-refractivity contribution in [3.63, 3.8) is 0 Å². The number of piperidine rings is 1. The minimum absolute atomic E-state index is 0.315. The summed E-state index contributed by atoms with van der Waals surface area (Å²) in [5, 5.41) is 5.30. The molecule has 0 bridgehead atoms. The molecule has 0 unspecified atom stereocenters. The molecule has 0 aromatic rings. The Kier molecular flexibility index (Phi) is 2.62. The Morgan fingerprint density at radius 3 is 2.17 bits per heavy atom. The third kappa shape index (κ3) is 1.48. The molecule has 3 aliphatic rings. The van der Waals surface area contributed by atoms with Crippen molar-refractivity contribution in [1.82, 2.24) is 15.3 Å². The number of carbonyl (C=O) groups excluding carboxylic acids is 3. The van der Waals surface area contributed by atoms with Crippen LogP contribution >= 0.6 is 0 Å². The molecule has 0 aromatic carbocycles. The van der Waals surface area contributed by atoms with Gasteiger partial charge in [-0.3, -0.25) is 14.9 Å². The van der Waals surface area contributed by atoms with Crippen molar-refractivity contribution in [2.24, 2.45) is 5.41 Å². The van der Waals surface area contributed by atoms with Crippen LogP contribution in [0.25, 0.3) is 0 Å². The quantitative estimate of drug-likeness (QED) is 0.694. The molecular weight excluding hydrogens is 234 g/mol. The van der Waals surface area contributed by atoms with Crippen molar-refractivity contribution in [2.45, 2.75) is 38.5 Å². The lowest BCUT2D eigenvalue weighted by molar-refractivity contribution is -0.170. The lowest BCUT2D eigenvalue weighted by Crippen LogP contribution is -2.70. The van der Waals surface area contributed by atoms with Gasteiger partial charge in [0.25, 0.3) is 5.91 Å². The van der Waals surface area contributed by atoms with Crippen LogP contribution in [-0.2, 0) is 9.59 Å². The molecule has 6 heteroatoms. The molecule has 1 N–H and O–H groups in total. The Balaban J connectivity index is 1.86. The summed E-state index contributed by atoms with van der Waals surface area (Å²) in [7, 11) is 0. The highest BCUT2D eigenvalue weighted by Gasteiger charge is 2.58. The summed E-state index contributed by atoms with van der Waals surface area (Å²) in [6.45, 7) is 1.42. The lowest BCUT2D eigenvalue weighted by Gasteiger charge is -2.47. The van der Waals surface area contributed by atoms with E-state index in [1.807, 2.05) is 0 Å². The predicted molar refractivity (Wildman–Crippen MR) is 62.1 cm³/mol. The van der Waals surface area contributed by atoms with Crippen molar-refractivity contribution in [2.75, 3.05) is 13.1 Å². The van der Waals surface area contributed by atoms with E-state index in [1.54, 1.807) is 5.01 Å². The average molecular weight is 251 g/mol. The highest BCUT2D eigenvalue weighted by molar-refractivity contribution is 6.19. The van der Waals surface area contributed by atoms with E-state index in [1.165, 1.54) is 5.01 Å². The molecule has 4 amide bonds. The second kappa shape index (κ2) is 4.05. The molecular formula is C12H17N3O3. The van der Waals surface area contributed by atoms with Gasteiger partial charge in [-0.1, -0.05) is 12.8 Å². The molecule has 1 saturated carbocycles. The molecule has 18 heavy (non-hydrogen) atoms. The number of amides is 4. The maximum Gasteiger partial charge on any atom is 0.345 e. The van der Waals surface area contributed by atoms with Gasteiger partial charge in [-0.25, -0.2) is 9.80 Å². The highest BCUT2D eigenvalue weighted by atomic mass is 16.2. The van der Waals surface area contributed by atoms with Gasteiger partial charge in [-0.15, -0.1) is 0 Å². The SMILES string of the molecule is O=C1NC(=O)C2(CCC2)C(=O)N1N1CCCCC1. The first-order valence-corrected chi connectivity index (χ1v) is 6.60. The second-order valence-electron chi connectivity index (χ2n) is 5.33. The number of urea groups is 1. The van der Waals surface area contributed by atoms with Crippen molar-refractivity contribution < 1.29 is 14.4 Å². The van der Waals surface area contributed by atoms with Crippen LogP contribution in [0.1, 0.15) is 38.5 Å². The standard InChI is InChI=1S/C12H17N3O3/c16-9-12(5-4-6-12)10(17)15(11(18)13-9)14-7-2-1-3-8-14/h1-8H2,(H,13,16,18). The topological polar surface area (TPSA) is 69.7 Å². The summed E-state index contributed by atoms with van der Waals surface area (Å²) in [5.41, 5.74) is -0.953. The van der Waals surface area contributed by atoms with E-state index in [4.69, 9.17) is 0 Å². The molecule has 2 heterocycles. The lowest BCUT2D eigenvalue weighted by atomic mass is 9.66. The molecule has 0 radical (unpaired) electrons. The van der Waals surface area contributed by atoms with E-state index in [9.17, 15) is 14.4 Å².